The van der Waals surface area contributed by atoms with Crippen molar-refractivity contribution >= 4 is 5.71 Å². The van der Waals surface area contributed by atoms with Gasteiger partial charge >= 0.3 is 5.69 Å². The number of hydrogen-bond donors (Lipinski definition) is 2. The fraction of sp³-hybridized carbons (Fsp3) is 0.438. The molecule has 1 aromatic heterocycles. The Hall–Kier alpha value is -2.91. The van der Waals surface area contributed by atoms with Gasteiger partial charge < -0.3 is 14.8 Å². The SMILES string of the molecule is CN1C=CN2N=C(c3c[nH]c(=O)[nH]c3=O)C=C(N3CC[C@@H](C(F)F)C3)C12. The number of H-pyrrole nitrogens is 2. The van der Waals surface area contributed by atoms with Crippen molar-refractivity contribution in [1.29, 1.82) is 0 Å². The number of allylic oxidation sites excluding steroid dienone is 1. The molecular weight excluding hydrogens is 346 g/mol. The smallest absolute Gasteiger partial charge is 0.325 e. The van der Waals surface area contributed by atoms with Crippen molar-refractivity contribution in [3.05, 3.63) is 56.8 Å². The van der Waals surface area contributed by atoms with Crippen LogP contribution in [-0.2, 0) is 0 Å². The van der Waals surface area contributed by atoms with Crippen LogP contribution in [-0.4, -0.2) is 63.2 Å². The highest BCUT2D eigenvalue weighted by atomic mass is 19.3. The first-order valence-electron chi connectivity index (χ1n) is 8.28. The van der Waals surface area contributed by atoms with Crippen molar-refractivity contribution in [1.82, 2.24) is 24.8 Å². The van der Waals surface area contributed by atoms with Crippen LogP contribution in [0.15, 0.2) is 45.1 Å². The molecule has 0 aromatic carbocycles. The zero-order valence-corrected chi connectivity index (χ0v) is 14.0. The van der Waals surface area contributed by atoms with Crippen molar-refractivity contribution in [2.75, 3.05) is 20.1 Å². The maximum Gasteiger partial charge on any atom is 0.325 e. The van der Waals surface area contributed by atoms with Gasteiger partial charge in [0.15, 0.2) is 6.17 Å². The van der Waals surface area contributed by atoms with Crippen LogP contribution < -0.4 is 11.2 Å². The molecule has 26 heavy (non-hydrogen) atoms. The van der Waals surface area contributed by atoms with E-state index in [0.29, 0.717) is 18.7 Å². The predicted molar refractivity (Wildman–Crippen MR) is 90.5 cm³/mol. The number of hydrazone groups is 1. The van der Waals surface area contributed by atoms with Crippen molar-refractivity contribution in [3.8, 4) is 0 Å². The molecule has 1 saturated heterocycles. The number of nitrogens with zero attached hydrogens (tertiary/aromatic N) is 4. The number of aromatic amines is 2. The van der Waals surface area contributed by atoms with Gasteiger partial charge in [-0.1, -0.05) is 0 Å². The van der Waals surface area contributed by atoms with Crippen molar-refractivity contribution in [3.63, 3.8) is 0 Å². The summed E-state index contributed by atoms with van der Waals surface area (Å²) < 4.78 is 26.2. The summed E-state index contributed by atoms with van der Waals surface area (Å²) in [7, 11) is 1.88. The number of halogens is 2. The molecule has 138 valence electrons. The molecule has 1 aromatic rings. The highest BCUT2D eigenvalue weighted by Crippen LogP contribution is 2.33. The lowest BCUT2D eigenvalue weighted by Crippen LogP contribution is -2.45. The Morgan fingerprint density at radius 2 is 2.12 bits per heavy atom. The minimum atomic E-state index is -2.35. The standard InChI is InChI=1S/C16H18F2N6O2/c1-22-4-5-24-15(22)12(23-3-2-9(8-23)13(17)18)6-11(21-24)10-7-19-16(26)20-14(10)25/h4-7,9,13,15H,2-3,8H2,1H3,(H2,19,20,25,26)/t9-,15?/m1/s1. The van der Waals surface area contributed by atoms with Crippen LogP contribution in [0, 0.1) is 5.92 Å². The first kappa shape index (κ1) is 16.6. The molecule has 4 heterocycles. The molecule has 0 aliphatic carbocycles. The zero-order chi connectivity index (χ0) is 18.4. The highest BCUT2D eigenvalue weighted by Gasteiger charge is 2.39. The second kappa shape index (κ2) is 6.11. The largest absolute Gasteiger partial charge is 0.371 e. The number of fused-ring (bicyclic) bond motifs is 1. The summed E-state index contributed by atoms with van der Waals surface area (Å²) in [5.41, 5.74) is 0.237. The molecular formula is C16H18F2N6O2. The first-order chi connectivity index (χ1) is 12.4. The van der Waals surface area contributed by atoms with E-state index in [9.17, 15) is 18.4 Å². The normalized spacial score (nSPS) is 25.0. The number of hydrogen-bond acceptors (Lipinski definition) is 6. The van der Waals surface area contributed by atoms with Gasteiger partial charge in [-0.05, 0) is 12.5 Å². The van der Waals surface area contributed by atoms with Crippen LogP contribution in [0.1, 0.15) is 12.0 Å². The molecule has 0 radical (unpaired) electrons. The molecule has 4 rings (SSSR count). The summed E-state index contributed by atoms with van der Waals surface area (Å²) in [6.07, 6.45) is 4.48. The van der Waals surface area contributed by atoms with Crippen LogP contribution in [0.5, 0.6) is 0 Å². The fourth-order valence-electron chi connectivity index (χ4n) is 3.54. The third-order valence-electron chi connectivity index (χ3n) is 4.90. The monoisotopic (exact) mass is 364 g/mol. The molecule has 1 fully saturated rings. The predicted octanol–water partition coefficient (Wildman–Crippen LogP) is 0.296. The molecule has 3 aliphatic rings. The summed E-state index contributed by atoms with van der Waals surface area (Å²) in [5.74, 6) is -0.664. The Bertz CT molecular complexity index is 918. The second-order valence-corrected chi connectivity index (χ2v) is 6.59. The zero-order valence-electron chi connectivity index (χ0n) is 14.0. The maximum absolute atomic E-state index is 13.1. The van der Waals surface area contributed by atoms with Gasteiger partial charge in [0.05, 0.1) is 17.0 Å². The van der Waals surface area contributed by atoms with E-state index in [0.717, 1.165) is 5.70 Å². The molecule has 2 atom stereocenters. The number of aromatic nitrogens is 2. The quantitative estimate of drug-likeness (QED) is 0.805. The van der Waals surface area contributed by atoms with Gasteiger partial charge in [-0.3, -0.25) is 9.78 Å². The number of rotatable bonds is 3. The van der Waals surface area contributed by atoms with Gasteiger partial charge in [-0.25, -0.2) is 18.6 Å². The topological polar surface area (TPSA) is 87.8 Å². The van der Waals surface area contributed by atoms with Crippen LogP contribution in [0.2, 0.25) is 0 Å². The average molecular weight is 364 g/mol. The molecule has 2 N–H and O–H groups in total. The van der Waals surface area contributed by atoms with Crippen molar-refractivity contribution < 1.29 is 8.78 Å². The van der Waals surface area contributed by atoms with Gasteiger partial charge in [-0.2, -0.15) is 5.10 Å². The van der Waals surface area contributed by atoms with E-state index in [1.54, 1.807) is 17.3 Å². The first-order valence-corrected chi connectivity index (χ1v) is 8.28. The average Bonchev–Trinajstić information content (AvgIpc) is 3.22. The molecule has 0 spiro atoms. The highest BCUT2D eigenvalue weighted by molar-refractivity contribution is 6.09. The van der Waals surface area contributed by atoms with Crippen molar-refractivity contribution in [2.45, 2.75) is 19.0 Å². The lowest BCUT2D eigenvalue weighted by Gasteiger charge is -2.37. The minimum absolute atomic E-state index is 0.216. The summed E-state index contributed by atoms with van der Waals surface area (Å²) in [5, 5.41) is 6.14. The number of alkyl halides is 2. The molecule has 0 bridgehead atoms. The van der Waals surface area contributed by atoms with Gasteiger partial charge in [0.1, 0.15) is 0 Å². The Morgan fingerprint density at radius 3 is 2.81 bits per heavy atom. The number of likely N-dealkylation sites (tertiary alicyclic amines) is 1. The van der Waals surface area contributed by atoms with E-state index in [4.69, 9.17) is 0 Å². The van der Waals surface area contributed by atoms with E-state index in [2.05, 4.69) is 15.1 Å². The fourth-order valence-corrected chi connectivity index (χ4v) is 3.54. The van der Waals surface area contributed by atoms with Gasteiger partial charge in [-0.15, -0.1) is 0 Å². The number of nitrogens with one attached hydrogen (secondary N) is 2. The lowest BCUT2D eigenvalue weighted by atomic mass is 10.1. The molecule has 3 aliphatic heterocycles. The molecule has 1 unspecified atom stereocenters. The minimum Gasteiger partial charge on any atom is -0.371 e. The Labute approximate surface area is 147 Å². The third-order valence-corrected chi connectivity index (χ3v) is 4.90. The molecule has 8 nitrogen and oxygen atoms in total. The summed E-state index contributed by atoms with van der Waals surface area (Å²) in [6, 6.07) is 0. The van der Waals surface area contributed by atoms with E-state index in [1.807, 2.05) is 23.0 Å². The van der Waals surface area contributed by atoms with Crippen LogP contribution in [0.25, 0.3) is 0 Å². The lowest BCUT2D eigenvalue weighted by molar-refractivity contribution is 0.0802. The van der Waals surface area contributed by atoms with Gasteiger partial charge in [0.2, 0.25) is 6.43 Å². The van der Waals surface area contributed by atoms with Gasteiger partial charge in [0, 0.05) is 44.7 Å². The van der Waals surface area contributed by atoms with Crippen LogP contribution in [0.3, 0.4) is 0 Å². The molecule has 10 heteroatoms. The summed E-state index contributed by atoms with van der Waals surface area (Å²) in [4.78, 5) is 31.8. The maximum atomic E-state index is 13.1. The van der Waals surface area contributed by atoms with Crippen LogP contribution >= 0.6 is 0 Å². The summed E-state index contributed by atoms with van der Waals surface area (Å²) >= 11 is 0. The summed E-state index contributed by atoms with van der Waals surface area (Å²) in [6.45, 7) is 0.783. The van der Waals surface area contributed by atoms with E-state index >= 15 is 0 Å². The number of likely N-dealkylation sites (N-methyl/N-ethyl adjacent to an activating group) is 1. The Balaban J connectivity index is 1.73. The van der Waals surface area contributed by atoms with Crippen molar-refractivity contribution in [2.24, 2.45) is 11.0 Å². The van der Waals surface area contributed by atoms with E-state index in [1.165, 1.54) is 6.20 Å². The Kier molecular flexibility index (Phi) is 3.89. The molecule has 0 saturated carbocycles. The second-order valence-electron chi connectivity index (χ2n) is 6.59. The van der Waals surface area contributed by atoms with Crippen LogP contribution in [0.4, 0.5) is 8.78 Å². The van der Waals surface area contributed by atoms with E-state index < -0.39 is 23.6 Å². The molecule has 0 amide bonds. The van der Waals surface area contributed by atoms with Gasteiger partial charge in [0.25, 0.3) is 5.56 Å². The third kappa shape index (κ3) is 2.71. The Morgan fingerprint density at radius 1 is 1.31 bits per heavy atom. The van der Waals surface area contributed by atoms with E-state index in [-0.39, 0.29) is 18.3 Å².